The molecule has 0 amide bonds. The van der Waals surface area contributed by atoms with Crippen molar-refractivity contribution in [2.24, 2.45) is 5.41 Å². The van der Waals surface area contributed by atoms with Crippen LogP contribution < -0.4 is 0 Å². The largest absolute Gasteiger partial charge is 0.390 e. The minimum Gasteiger partial charge on any atom is -0.390 e. The Morgan fingerprint density at radius 2 is 1.82 bits per heavy atom. The van der Waals surface area contributed by atoms with Gasteiger partial charge in [0.1, 0.15) is 0 Å². The van der Waals surface area contributed by atoms with Crippen molar-refractivity contribution in [2.45, 2.75) is 63.4 Å². The minimum atomic E-state index is -0.444. The van der Waals surface area contributed by atoms with E-state index in [1.165, 1.54) is 43.4 Å². The van der Waals surface area contributed by atoms with E-state index >= 15 is 0 Å². The highest BCUT2D eigenvalue weighted by atomic mass is 32.1. The van der Waals surface area contributed by atoms with Gasteiger partial charge in [-0.25, -0.2) is 0 Å². The SMILES string of the molecule is OC1(Cc2cncs2)CCC2(CCCC2)CC1. The molecule has 1 N–H and O–H groups in total. The zero-order valence-electron chi connectivity index (χ0n) is 10.3. The van der Waals surface area contributed by atoms with Crippen LogP contribution in [0.5, 0.6) is 0 Å². The Labute approximate surface area is 107 Å². The molecular formula is C14H21NOS. The van der Waals surface area contributed by atoms with Gasteiger partial charge in [-0.3, -0.25) is 4.98 Å². The summed E-state index contributed by atoms with van der Waals surface area (Å²) in [4.78, 5) is 5.33. The maximum Gasteiger partial charge on any atom is 0.0794 e. The Bertz CT molecular complexity index is 358. The van der Waals surface area contributed by atoms with Crippen molar-refractivity contribution >= 4 is 11.3 Å². The monoisotopic (exact) mass is 251 g/mol. The van der Waals surface area contributed by atoms with E-state index in [0.717, 1.165) is 19.3 Å². The van der Waals surface area contributed by atoms with Gasteiger partial charge < -0.3 is 5.11 Å². The molecule has 1 aromatic heterocycles. The average molecular weight is 251 g/mol. The molecule has 2 nitrogen and oxygen atoms in total. The van der Waals surface area contributed by atoms with Crippen LogP contribution in [0.25, 0.3) is 0 Å². The van der Waals surface area contributed by atoms with E-state index in [-0.39, 0.29) is 0 Å². The fourth-order valence-corrected chi connectivity index (χ4v) is 4.43. The van der Waals surface area contributed by atoms with Gasteiger partial charge in [0.2, 0.25) is 0 Å². The smallest absolute Gasteiger partial charge is 0.0794 e. The standard InChI is InChI=1S/C14H21NOS/c16-14(9-12-10-15-11-17-12)7-5-13(6-8-14)3-1-2-4-13/h10-11,16H,1-9H2. The van der Waals surface area contributed by atoms with Crippen molar-refractivity contribution in [3.8, 4) is 0 Å². The van der Waals surface area contributed by atoms with E-state index in [1.807, 2.05) is 11.7 Å². The molecule has 2 aliphatic rings. The Balaban J connectivity index is 1.63. The van der Waals surface area contributed by atoms with Crippen molar-refractivity contribution in [2.75, 3.05) is 0 Å². The summed E-state index contributed by atoms with van der Waals surface area (Å²) in [6, 6.07) is 0. The summed E-state index contributed by atoms with van der Waals surface area (Å²) in [5.41, 5.74) is 2.03. The molecule has 0 aromatic carbocycles. The molecule has 3 rings (SSSR count). The van der Waals surface area contributed by atoms with Crippen LogP contribution in [-0.2, 0) is 6.42 Å². The van der Waals surface area contributed by atoms with Gasteiger partial charge >= 0.3 is 0 Å². The second kappa shape index (κ2) is 4.36. The van der Waals surface area contributed by atoms with E-state index in [0.29, 0.717) is 5.41 Å². The molecule has 0 aliphatic heterocycles. The predicted octanol–water partition coefficient (Wildman–Crippen LogP) is 3.55. The lowest BCUT2D eigenvalue weighted by Crippen LogP contribution is -2.39. The van der Waals surface area contributed by atoms with Gasteiger partial charge in [0, 0.05) is 17.5 Å². The Hall–Kier alpha value is -0.410. The van der Waals surface area contributed by atoms with Crippen molar-refractivity contribution < 1.29 is 5.11 Å². The van der Waals surface area contributed by atoms with Gasteiger partial charge in [0.25, 0.3) is 0 Å². The molecule has 2 saturated carbocycles. The normalized spacial score (nSPS) is 26.4. The molecule has 3 heteroatoms. The summed E-state index contributed by atoms with van der Waals surface area (Å²) in [7, 11) is 0. The van der Waals surface area contributed by atoms with Crippen molar-refractivity contribution in [3.63, 3.8) is 0 Å². The maximum absolute atomic E-state index is 10.7. The number of aliphatic hydroxyl groups is 1. The van der Waals surface area contributed by atoms with Crippen LogP contribution in [0.3, 0.4) is 0 Å². The summed E-state index contributed by atoms with van der Waals surface area (Å²) >= 11 is 1.67. The lowest BCUT2D eigenvalue weighted by Gasteiger charge is -2.42. The number of thiazole rings is 1. The highest BCUT2D eigenvalue weighted by molar-refractivity contribution is 7.09. The molecule has 2 aliphatic carbocycles. The fourth-order valence-electron chi connectivity index (χ4n) is 3.70. The highest BCUT2D eigenvalue weighted by Gasteiger charge is 2.42. The predicted molar refractivity (Wildman–Crippen MR) is 70.1 cm³/mol. The molecule has 0 atom stereocenters. The van der Waals surface area contributed by atoms with E-state index in [1.54, 1.807) is 11.3 Å². The third kappa shape index (κ3) is 2.41. The average Bonchev–Trinajstić information content (AvgIpc) is 2.96. The third-order valence-electron chi connectivity index (χ3n) is 4.89. The lowest BCUT2D eigenvalue weighted by molar-refractivity contribution is -0.0316. The first kappa shape index (κ1) is 11.7. The van der Waals surface area contributed by atoms with E-state index in [9.17, 15) is 5.11 Å². The molecule has 1 aromatic rings. The first-order chi connectivity index (χ1) is 8.20. The summed E-state index contributed by atoms with van der Waals surface area (Å²) in [5, 5.41) is 10.7. The number of hydrogen-bond donors (Lipinski definition) is 1. The number of rotatable bonds is 2. The van der Waals surface area contributed by atoms with Crippen LogP contribution in [0.1, 0.15) is 56.2 Å². The molecule has 0 unspecified atom stereocenters. The van der Waals surface area contributed by atoms with Gasteiger partial charge in [-0.15, -0.1) is 11.3 Å². The molecule has 0 radical (unpaired) electrons. The minimum absolute atomic E-state index is 0.444. The quantitative estimate of drug-likeness (QED) is 0.872. The second-order valence-electron chi connectivity index (χ2n) is 6.08. The maximum atomic E-state index is 10.7. The second-order valence-corrected chi connectivity index (χ2v) is 7.05. The van der Waals surface area contributed by atoms with Crippen LogP contribution in [0, 0.1) is 5.41 Å². The van der Waals surface area contributed by atoms with Gasteiger partial charge in [-0.2, -0.15) is 0 Å². The molecule has 1 spiro atoms. The van der Waals surface area contributed by atoms with Gasteiger partial charge in [-0.05, 0) is 43.9 Å². The van der Waals surface area contributed by atoms with Gasteiger partial charge in [-0.1, -0.05) is 12.8 Å². The Morgan fingerprint density at radius 1 is 1.12 bits per heavy atom. The highest BCUT2D eigenvalue weighted by Crippen LogP contribution is 2.51. The zero-order chi connectivity index (χ0) is 11.8. The first-order valence-corrected chi connectivity index (χ1v) is 7.68. The molecule has 0 saturated heterocycles. The van der Waals surface area contributed by atoms with Gasteiger partial charge in [0.15, 0.2) is 0 Å². The van der Waals surface area contributed by atoms with Gasteiger partial charge in [0.05, 0.1) is 11.1 Å². The molecule has 2 fully saturated rings. The van der Waals surface area contributed by atoms with Crippen LogP contribution in [-0.4, -0.2) is 15.7 Å². The fraction of sp³-hybridized carbons (Fsp3) is 0.786. The van der Waals surface area contributed by atoms with Crippen molar-refractivity contribution in [1.82, 2.24) is 4.98 Å². The van der Waals surface area contributed by atoms with Crippen molar-refractivity contribution in [3.05, 3.63) is 16.6 Å². The number of aromatic nitrogens is 1. The first-order valence-electron chi connectivity index (χ1n) is 6.80. The topological polar surface area (TPSA) is 33.1 Å². The van der Waals surface area contributed by atoms with E-state index in [2.05, 4.69) is 4.98 Å². The van der Waals surface area contributed by atoms with E-state index in [4.69, 9.17) is 0 Å². The molecule has 94 valence electrons. The van der Waals surface area contributed by atoms with Crippen molar-refractivity contribution in [1.29, 1.82) is 0 Å². The Morgan fingerprint density at radius 3 is 2.41 bits per heavy atom. The van der Waals surface area contributed by atoms with Crippen LogP contribution in [0.2, 0.25) is 0 Å². The molecule has 0 bridgehead atoms. The Kier molecular flexibility index (Phi) is 2.99. The molecular weight excluding hydrogens is 230 g/mol. The molecule has 17 heavy (non-hydrogen) atoms. The molecule has 1 heterocycles. The summed E-state index contributed by atoms with van der Waals surface area (Å²) in [6.07, 6.45) is 12.8. The summed E-state index contributed by atoms with van der Waals surface area (Å²) in [6.45, 7) is 0. The van der Waals surface area contributed by atoms with E-state index < -0.39 is 5.60 Å². The zero-order valence-corrected chi connectivity index (χ0v) is 11.1. The number of nitrogens with zero attached hydrogens (tertiary/aromatic N) is 1. The van der Waals surface area contributed by atoms with Crippen LogP contribution in [0.4, 0.5) is 0 Å². The summed E-state index contributed by atoms with van der Waals surface area (Å²) in [5.74, 6) is 0. The summed E-state index contributed by atoms with van der Waals surface area (Å²) < 4.78 is 0. The lowest BCUT2D eigenvalue weighted by atomic mass is 9.67. The van der Waals surface area contributed by atoms with Crippen LogP contribution in [0.15, 0.2) is 11.7 Å². The number of hydrogen-bond acceptors (Lipinski definition) is 3. The third-order valence-corrected chi connectivity index (χ3v) is 5.67. The van der Waals surface area contributed by atoms with Crippen LogP contribution >= 0.6 is 11.3 Å².